The van der Waals surface area contributed by atoms with E-state index in [2.05, 4.69) is 179 Å². The average molecular weight is 805 g/mol. The zero-order chi connectivity index (χ0) is 41.4. The van der Waals surface area contributed by atoms with Gasteiger partial charge in [0.2, 0.25) is 0 Å². The second-order valence-corrected chi connectivity index (χ2v) is 16.2. The van der Waals surface area contributed by atoms with Crippen molar-refractivity contribution >= 4 is 65.6 Å². The Morgan fingerprint density at radius 3 is 1.43 bits per heavy atom. The molecule has 0 amide bonds. The Labute approximate surface area is 362 Å². The fourth-order valence-corrected chi connectivity index (χ4v) is 9.55. The summed E-state index contributed by atoms with van der Waals surface area (Å²) in [5, 5.41) is 7.06. The van der Waals surface area contributed by atoms with Gasteiger partial charge in [0.05, 0.1) is 33.5 Å². The van der Waals surface area contributed by atoms with Crippen molar-refractivity contribution in [1.29, 1.82) is 0 Å². The third-order valence-corrected chi connectivity index (χ3v) is 12.6. The van der Waals surface area contributed by atoms with E-state index in [1.54, 1.807) is 0 Å². The second kappa shape index (κ2) is 14.0. The number of aromatic nitrogens is 4. The Hall–Kier alpha value is -8.54. The molecule has 0 saturated carbocycles. The highest BCUT2D eigenvalue weighted by atomic mass is 16.3. The third-order valence-electron chi connectivity index (χ3n) is 12.6. The molecule has 0 unspecified atom stereocenters. The van der Waals surface area contributed by atoms with Crippen LogP contribution in [0.25, 0.3) is 122 Å². The lowest BCUT2D eigenvalue weighted by Crippen LogP contribution is -1.96. The molecule has 0 N–H and O–H groups in total. The van der Waals surface area contributed by atoms with Crippen LogP contribution in [0.4, 0.5) is 0 Å². The molecule has 0 aliphatic heterocycles. The standard InChI is InChI=1S/C58H36N4O/c1-3-13-39(14-4-1)50-36-51(40-15-5-2-6-16-40)60-58(59-50)41-25-23-37(24-26-41)38-27-29-42(30-28-38)61-52-20-10-7-17-44(52)47-33-43(31-32-54(47)61)62-53-21-11-8-18-45(53)48-35-57-49(34-55(48)62)46-19-9-12-22-56(46)63-57/h1-36H. The minimum absolute atomic E-state index is 0.702. The largest absolute Gasteiger partial charge is 0.456 e. The van der Waals surface area contributed by atoms with E-state index in [1.807, 2.05) is 48.5 Å². The number of hydrogen-bond donors (Lipinski definition) is 0. The number of rotatable bonds is 6. The molecule has 0 aliphatic carbocycles. The molecule has 13 rings (SSSR count). The minimum atomic E-state index is 0.702. The zero-order valence-electron chi connectivity index (χ0n) is 34.0. The summed E-state index contributed by atoms with van der Waals surface area (Å²) in [5.74, 6) is 0.702. The van der Waals surface area contributed by atoms with Crippen LogP contribution in [-0.2, 0) is 0 Å². The van der Waals surface area contributed by atoms with Gasteiger partial charge in [0.25, 0.3) is 0 Å². The Balaban J connectivity index is 0.877. The highest BCUT2D eigenvalue weighted by Gasteiger charge is 2.19. The number of furan rings is 1. The van der Waals surface area contributed by atoms with Gasteiger partial charge in [-0.2, -0.15) is 0 Å². The monoisotopic (exact) mass is 804 g/mol. The van der Waals surface area contributed by atoms with Gasteiger partial charge in [-0.15, -0.1) is 0 Å². The van der Waals surface area contributed by atoms with Crippen LogP contribution in [0.2, 0.25) is 0 Å². The van der Waals surface area contributed by atoms with E-state index in [-0.39, 0.29) is 0 Å². The molecule has 63 heavy (non-hydrogen) atoms. The van der Waals surface area contributed by atoms with Crippen LogP contribution in [0, 0.1) is 0 Å². The maximum atomic E-state index is 6.35. The number of fused-ring (bicyclic) bond motifs is 9. The van der Waals surface area contributed by atoms with Crippen molar-refractivity contribution in [3.05, 3.63) is 218 Å². The molecule has 4 heterocycles. The molecule has 0 spiro atoms. The van der Waals surface area contributed by atoms with Crippen molar-refractivity contribution in [3.63, 3.8) is 0 Å². The molecule has 0 radical (unpaired) electrons. The normalized spacial score (nSPS) is 11.8. The van der Waals surface area contributed by atoms with Crippen LogP contribution in [0.3, 0.4) is 0 Å². The van der Waals surface area contributed by atoms with E-state index in [0.29, 0.717) is 5.82 Å². The van der Waals surface area contributed by atoms with Crippen molar-refractivity contribution in [1.82, 2.24) is 19.1 Å². The van der Waals surface area contributed by atoms with Gasteiger partial charge in [-0.3, -0.25) is 0 Å². The molecule has 294 valence electrons. The first-order valence-corrected chi connectivity index (χ1v) is 21.3. The van der Waals surface area contributed by atoms with Crippen molar-refractivity contribution in [2.75, 3.05) is 0 Å². The minimum Gasteiger partial charge on any atom is -0.456 e. The molecule has 4 aromatic heterocycles. The zero-order valence-corrected chi connectivity index (χ0v) is 34.0. The van der Waals surface area contributed by atoms with Crippen molar-refractivity contribution in [2.45, 2.75) is 0 Å². The summed E-state index contributed by atoms with van der Waals surface area (Å²) in [6, 6.07) is 77.3. The molecule has 0 fully saturated rings. The lowest BCUT2D eigenvalue weighted by Gasteiger charge is -2.12. The maximum absolute atomic E-state index is 6.35. The summed E-state index contributed by atoms with van der Waals surface area (Å²) < 4.78 is 11.1. The summed E-state index contributed by atoms with van der Waals surface area (Å²) in [5.41, 5.74) is 15.9. The molecule has 0 aliphatic rings. The van der Waals surface area contributed by atoms with Crippen LogP contribution in [-0.4, -0.2) is 19.1 Å². The van der Waals surface area contributed by atoms with E-state index in [0.717, 1.165) is 83.6 Å². The van der Waals surface area contributed by atoms with Crippen LogP contribution in [0.15, 0.2) is 223 Å². The van der Waals surface area contributed by atoms with Crippen LogP contribution < -0.4 is 0 Å². The van der Waals surface area contributed by atoms with Crippen LogP contribution in [0.1, 0.15) is 0 Å². The van der Waals surface area contributed by atoms with E-state index in [9.17, 15) is 0 Å². The van der Waals surface area contributed by atoms with Gasteiger partial charge < -0.3 is 13.6 Å². The highest BCUT2D eigenvalue weighted by molar-refractivity contribution is 6.17. The average Bonchev–Trinajstić information content (AvgIpc) is 4.00. The van der Waals surface area contributed by atoms with E-state index in [4.69, 9.17) is 14.4 Å². The SMILES string of the molecule is c1ccc(-c2cc(-c3ccccc3)nc(-c3ccc(-c4ccc(-n5c6ccccc6c6cc(-n7c8ccccc8c8cc9oc%10ccccc%10c9cc87)ccc65)cc4)cc3)n2)cc1. The van der Waals surface area contributed by atoms with Gasteiger partial charge in [0.1, 0.15) is 11.2 Å². The smallest absolute Gasteiger partial charge is 0.160 e. The summed E-state index contributed by atoms with van der Waals surface area (Å²) in [6.45, 7) is 0. The van der Waals surface area contributed by atoms with Crippen LogP contribution >= 0.6 is 0 Å². The second-order valence-electron chi connectivity index (χ2n) is 16.2. The Bertz CT molecular complexity index is 3820. The summed E-state index contributed by atoms with van der Waals surface area (Å²) in [7, 11) is 0. The Morgan fingerprint density at radius 2 is 0.778 bits per heavy atom. The van der Waals surface area contributed by atoms with E-state index < -0.39 is 0 Å². The lowest BCUT2D eigenvalue weighted by atomic mass is 10.0. The fourth-order valence-electron chi connectivity index (χ4n) is 9.55. The molecular formula is C58H36N4O. The predicted octanol–water partition coefficient (Wildman–Crippen LogP) is 15.2. The Morgan fingerprint density at radius 1 is 0.286 bits per heavy atom. The fraction of sp³-hybridized carbons (Fsp3) is 0. The molecule has 0 saturated heterocycles. The molecule has 0 bridgehead atoms. The first-order chi connectivity index (χ1) is 31.2. The van der Waals surface area contributed by atoms with Crippen molar-refractivity contribution in [3.8, 4) is 56.4 Å². The maximum Gasteiger partial charge on any atom is 0.160 e. The predicted molar refractivity (Wildman–Crippen MR) is 260 cm³/mol. The molecule has 9 aromatic carbocycles. The molecule has 5 heteroatoms. The van der Waals surface area contributed by atoms with E-state index >= 15 is 0 Å². The van der Waals surface area contributed by atoms with Gasteiger partial charge in [-0.1, -0.05) is 152 Å². The first-order valence-electron chi connectivity index (χ1n) is 21.3. The van der Waals surface area contributed by atoms with Crippen LogP contribution in [0.5, 0.6) is 0 Å². The summed E-state index contributed by atoms with van der Waals surface area (Å²) >= 11 is 0. The third kappa shape index (κ3) is 5.71. The molecule has 5 nitrogen and oxygen atoms in total. The lowest BCUT2D eigenvalue weighted by molar-refractivity contribution is 0.669. The van der Waals surface area contributed by atoms with E-state index in [1.165, 1.54) is 32.6 Å². The topological polar surface area (TPSA) is 48.8 Å². The quantitative estimate of drug-likeness (QED) is 0.168. The van der Waals surface area contributed by atoms with Gasteiger partial charge >= 0.3 is 0 Å². The van der Waals surface area contributed by atoms with Gasteiger partial charge in [-0.25, -0.2) is 9.97 Å². The number of hydrogen-bond acceptors (Lipinski definition) is 3. The number of benzene rings is 9. The number of para-hydroxylation sites is 3. The molecule has 13 aromatic rings. The van der Waals surface area contributed by atoms with Gasteiger partial charge in [0, 0.05) is 60.4 Å². The summed E-state index contributed by atoms with van der Waals surface area (Å²) in [6.07, 6.45) is 0. The number of nitrogens with zero attached hydrogens (tertiary/aromatic N) is 4. The Kier molecular flexibility index (Phi) is 7.84. The molecule has 0 atom stereocenters. The molecular weight excluding hydrogens is 769 g/mol. The van der Waals surface area contributed by atoms with Crippen molar-refractivity contribution in [2.24, 2.45) is 0 Å². The van der Waals surface area contributed by atoms with Gasteiger partial charge in [0.15, 0.2) is 5.82 Å². The summed E-state index contributed by atoms with van der Waals surface area (Å²) in [4.78, 5) is 10.1. The van der Waals surface area contributed by atoms with Crippen molar-refractivity contribution < 1.29 is 4.42 Å². The first kappa shape index (κ1) is 35.2. The van der Waals surface area contributed by atoms with Gasteiger partial charge in [-0.05, 0) is 77.9 Å². The highest BCUT2D eigenvalue weighted by Crippen LogP contribution is 2.40.